The summed E-state index contributed by atoms with van der Waals surface area (Å²) < 4.78 is 20.0. The molecule has 7 nitrogen and oxygen atoms in total. The summed E-state index contributed by atoms with van der Waals surface area (Å²) in [6.07, 6.45) is 0. The van der Waals surface area contributed by atoms with Gasteiger partial charge in [0.05, 0.1) is 0 Å². The summed E-state index contributed by atoms with van der Waals surface area (Å²) >= 11 is 0. The minimum absolute atomic E-state index is 0.0435. The Balaban J connectivity index is 1.75. The maximum atomic E-state index is 12.9. The average Bonchev–Trinajstić information content (AvgIpc) is 3.14. The summed E-state index contributed by atoms with van der Waals surface area (Å²) in [6.45, 7) is 4.48. The van der Waals surface area contributed by atoms with Gasteiger partial charge in [-0.1, -0.05) is 5.10 Å². The van der Waals surface area contributed by atoms with Crippen LogP contribution in [0.1, 0.15) is 23.1 Å². The second kappa shape index (κ2) is 5.99. The quantitative estimate of drug-likeness (QED) is 0.800. The normalized spacial score (nSPS) is 10.7. The summed E-state index contributed by atoms with van der Waals surface area (Å²) in [7, 11) is 0. The van der Waals surface area contributed by atoms with Gasteiger partial charge < -0.3 is 4.42 Å². The molecule has 0 aliphatic heterocycles. The van der Waals surface area contributed by atoms with E-state index in [1.54, 1.807) is 10.7 Å². The van der Waals surface area contributed by atoms with E-state index in [0.29, 0.717) is 12.1 Å². The van der Waals surface area contributed by atoms with Crippen LogP contribution in [-0.2, 0) is 6.54 Å². The lowest BCUT2D eigenvalue weighted by atomic mass is 10.2. The first kappa shape index (κ1) is 14.9. The third-order valence-electron chi connectivity index (χ3n) is 3.25. The molecule has 8 heteroatoms. The van der Waals surface area contributed by atoms with Gasteiger partial charge in [0.25, 0.3) is 5.91 Å². The van der Waals surface area contributed by atoms with Crippen LogP contribution in [0.15, 0.2) is 34.7 Å². The number of aromatic nitrogens is 4. The first-order valence-corrected chi connectivity index (χ1v) is 7.02. The van der Waals surface area contributed by atoms with Crippen LogP contribution in [0.5, 0.6) is 0 Å². The Kier molecular flexibility index (Phi) is 3.88. The molecular formula is C15H14FN5O2. The predicted octanol–water partition coefficient (Wildman–Crippen LogP) is 2.65. The van der Waals surface area contributed by atoms with Crippen LogP contribution < -0.4 is 5.32 Å². The van der Waals surface area contributed by atoms with Gasteiger partial charge in [-0.2, -0.15) is 5.10 Å². The number of amides is 1. The van der Waals surface area contributed by atoms with Crippen molar-refractivity contribution in [3.63, 3.8) is 0 Å². The molecule has 0 spiro atoms. The lowest BCUT2D eigenvalue weighted by Gasteiger charge is -1.97. The number of anilines is 1. The molecule has 3 rings (SSSR count). The molecule has 2 heterocycles. The van der Waals surface area contributed by atoms with Crippen molar-refractivity contribution < 1.29 is 13.6 Å². The number of aryl methyl sites for hydroxylation is 2. The van der Waals surface area contributed by atoms with Gasteiger partial charge in [0.15, 0.2) is 5.69 Å². The van der Waals surface area contributed by atoms with E-state index < -0.39 is 5.91 Å². The monoisotopic (exact) mass is 315 g/mol. The molecule has 23 heavy (non-hydrogen) atoms. The highest BCUT2D eigenvalue weighted by atomic mass is 19.1. The molecule has 1 aromatic carbocycles. The largest absolute Gasteiger partial charge is 0.403 e. The van der Waals surface area contributed by atoms with E-state index in [9.17, 15) is 9.18 Å². The van der Waals surface area contributed by atoms with Crippen LogP contribution in [0.25, 0.3) is 11.5 Å². The maximum absolute atomic E-state index is 12.9. The van der Waals surface area contributed by atoms with E-state index in [1.807, 2.05) is 13.8 Å². The van der Waals surface area contributed by atoms with Crippen LogP contribution in [0.2, 0.25) is 0 Å². The molecule has 1 amide bonds. The van der Waals surface area contributed by atoms with Gasteiger partial charge in [-0.05, 0) is 44.2 Å². The molecule has 0 aliphatic rings. The van der Waals surface area contributed by atoms with Crippen molar-refractivity contribution in [2.24, 2.45) is 0 Å². The summed E-state index contributed by atoms with van der Waals surface area (Å²) in [5.41, 5.74) is 1.71. The molecule has 0 unspecified atom stereocenters. The van der Waals surface area contributed by atoms with Crippen molar-refractivity contribution in [3.05, 3.63) is 47.5 Å². The zero-order chi connectivity index (χ0) is 16.4. The highest BCUT2D eigenvalue weighted by molar-refractivity contribution is 6.01. The Morgan fingerprint density at radius 2 is 2.04 bits per heavy atom. The van der Waals surface area contributed by atoms with Crippen molar-refractivity contribution in [1.29, 1.82) is 0 Å². The third-order valence-corrected chi connectivity index (χ3v) is 3.25. The van der Waals surface area contributed by atoms with Crippen molar-refractivity contribution in [2.45, 2.75) is 20.4 Å². The topological polar surface area (TPSA) is 85.8 Å². The first-order valence-electron chi connectivity index (χ1n) is 7.02. The standard InChI is InChI=1S/C15H14FN5O2/c1-3-21-9(2)8-12(20-21)13(22)17-15-19-18-14(23-15)10-4-6-11(16)7-5-10/h4-8H,3H2,1-2H3,(H,17,19,22). The minimum Gasteiger partial charge on any atom is -0.403 e. The number of halogens is 1. The SMILES string of the molecule is CCn1nc(C(=O)Nc2nnc(-c3ccc(F)cc3)o2)cc1C. The molecule has 2 aromatic heterocycles. The number of hydrogen-bond acceptors (Lipinski definition) is 5. The fraction of sp³-hybridized carbons (Fsp3) is 0.200. The van der Waals surface area contributed by atoms with Crippen LogP contribution >= 0.6 is 0 Å². The summed E-state index contributed by atoms with van der Waals surface area (Å²) in [5, 5.41) is 14.2. The number of carbonyl (C=O) groups is 1. The molecule has 1 N–H and O–H groups in total. The Morgan fingerprint density at radius 1 is 1.30 bits per heavy atom. The average molecular weight is 315 g/mol. The minimum atomic E-state index is -0.436. The summed E-state index contributed by atoms with van der Waals surface area (Å²) in [4.78, 5) is 12.1. The molecule has 0 radical (unpaired) electrons. The first-order chi connectivity index (χ1) is 11.1. The molecule has 3 aromatic rings. The molecule has 0 bridgehead atoms. The smallest absolute Gasteiger partial charge is 0.322 e. The fourth-order valence-corrected chi connectivity index (χ4v) is 2.09. The van der Waals surface area contributed by atoms with E-state index in [4.69, 9.17) is 4.42 Å². The van der Waals surface area contributed by atoms with Gasteiger partial charge in [0.2, 0.25) is 5.89 Å². The van der Waals surface area contributed by atoms with Gasteiger partial charge in [-0.3, -0.25) is 14.8 Å². The molecule has 0 fully saturated rings. The van der Waals surface area contributed by atoms with Crippen molar-refractivity contribution >= 4 is 11.9 Å². The number of rotatable bonds is 4. The van der Waals surface area contributed by atoms with Gasteiger partial charge in [0, 0.05) is 17.8 Å². The molecule has 0 aliphatic carbocycles. The Labute approximate surface area is 131 Å². The third kappa shape index (κ3) is 3.10. The Morgan fingerprint density at radius 3 is 2.70 bits per heavy atom. The summed E-state index contributed by atoms with van der Waals surface area (Å²) in [6, 6.07) is 7.24. The van der Waals surface area contributed by atoms with E-state index in [0.717, 1.165) is 5.69 Å². The molecule has 0 atom stereocenters. The second-order valence-corrected chi connectivity index (χ2v) is 4.86. The van der Waals surface area contributed by atoms with Crippen molar-refractivity contribution in [1.82, 2.24) is 20.0 Å². The van der Waals surface area contributed by atoms with Gasteiger partial charge in [-0.15, -0.1) is 5.10 Å². The number of carbonyl (C=O) groups excluding carboxylic acids is 1. The second-order valence-electron chi connectivity index (χ2n) is 4.86. The molecule has 118 valence electrons. The van der Waals surface area contributed by atoms with Crippen LogP contribution in [0.4, 0.5) is 10.4 Å². The Bertz CT molecular complexity index is 838. The Hall–Kier alpha value is -3.03. The molecule has 0 saturated carbocycles. The van der Waals surface area contributed by atoms with E-state index in [2.05, 4.69) is 20.6 Å². The number of nitrogens with one attached hydrogen (secondary N) is 1. The lowest BCUT2D eigenvalue weighted by molar-refractivity contribution is 0.101. The van der Waals surface area contributed by atoms with Crippen LogP contribution in [0.3, 0.4) is 0 Å². The van der Waals surface area contributed by atoms with E-state index >= 15 is 0 Å². The van der Waals surface area contributed by atoms with Crippen LogP contribution in [-0.4, -0.2) is 25.9 Å². The highest BCUT2D eigenvalue weighted by Gasteiger charge is 2.16. The number of nitrogens with zero attached hydrogens (tertiary/aromatic N) is 4. The lowest BCUT2D eigenvalue weighted by Crippen LogP contribution is -2.13. The maximum Gasteiger partial charge on any atom is 0.322 e. The van der Waals surface area contributed by atoms with Crippen molar-refractivity contribution in [3.8, 4) is 11.5 Å². The van der Waals surface area contributed by atoms with Gasteiger partial charge in [-0.25, -0.2) is 4.39 Å². The van der Waals surface area contributed by atoms with Gasteiger partial charge >= 0.3 is 6.01 Å². The predicted molar refractivity (Wildman–Crippen MR) is 80.3 cm³/mol. The van der Waals surface area contributed by atoms with Crippen molar-refractivity contribution in [2.75, 3.05) is 5.32 Å². The zero-order valence-electron chi connectivity index (χ0n) is 12.6. The molecule has 0 saturated heterocycles. The van der Waals surface area contributed by atoms with Gasteiger partial charge in [0.1, 0.15) is 5.82 Å². The number of benzene rings is 1. The van der Waals surface area contributed by atoms with E-state index in [-0.39, 0.29) is 23.4 Å². The number of hydrogen-bond donors (Lipinski definition) is 1. The van der Waals surface area contributed by atoms with E-state index in [1.165, 1.54) is 24.3 Å². The van der Waals surface area contributed by atoms with Crippen LogP contribution in [0, 0.1) is 12.7 Å². The fourth-order valence-electron chi connectivity index (χ4n) is 2.09. The highest BCUT2D eigenvalue weighted by Crippen LogP contribution is 2.20. The zero-order valence-corrected chi connectivity index (χ0v) is 12.6. The molecular weight excluding hydrogens is 301 g/mol. The summed E-state index contributed by atoms with van der Waals surface area (Å²) in [5.74, 6) is -0.603.